The number of hydrogen-bond acceptors (Lipinski definition) is 3. The van der Waals surface area contributed by atoms with Crippen molar-refractivity contribution >= 4 is 20.1 Å². The van der Waals surface area contributed by atoms with Gasteiger partial charge in [0.1, 0.15) is 11.9 Å². The van der Waals surface area contributed by atoms with Gasteiger partial charge in [-0.15, -0.1) is 0 Å². The summed E-state index contributed by atoms with van der Waals surface area (Å²) in [5, 5.41) is 9.60. The van der Waals surface area contributed by atoms with E-state index in [0.29, 0.717) is 18.6 Å². The van der Waals surface area contributed by atoms with E-state index in [2.05, 4.69) is 46.9 Å². The van der Waals surface area contributed by atoms with Crippen molar-refractivity contribution in [2.75, 3.05) is 0 Å². The highest BCUT2D eigenvalue weighted by Crippen LogP contribution is 2.38. The predicted molar refractivity (Wildman–Crippen MR) is 132 cm³/mol. The van der Waals surface area contributed by atoms with E-state index in [1.54, 1.807) is 0 Å². The Morgan fingerprint density at radius 1 is 1.10 bits per heavy atom. The molecule has 0 saturated heterocycles. The van der Waals surface area contributed by atoms with Crippen LogP contribution in [0.3, 0.4) is 0 Å². The molecule has 0 aromatic rings. The Morgan fingerprint density at radius 3 is 2.32 bits per heavy atom. The molecule has 0 spiro atoms. The Balaban J connectivity index is 2.35. The molecule has 0 bridgehead atoms. The van der Waals surface area contributed by atoms with Gasteiger partial charge in [-0.3, -0.25) is 4.79 Å². The molecular weight excluding hydrogens is 404 g/mol. The largest absolute Gasteiger partial charge is 0.479 e. The van der Waals surface area contributed by atoms with Gasteiger partial charge in [-0.25, -0.2) is 4.79 Å². The SMILES string of the molecule is CCCCCCCCC1=CCC(=O)[C@@H]1CCCCCC(O[Si](C)(C)C(C)(C)C)C(=O)O. The van der Waals surface area contributed by atoms with E-state index in [4.69, 9.17) is 4.43 Å². The molecule has 0 saturated carbocycles. The first-order valence-corrected chi connectivity index (χ1v) is 15.5. The maximum Gasteiger partial charge on any atom is 0.331 e. The molecule has 0 heterocycles. The number of aliphatic carboxylic acids is 1. The predicted octanol–water partition coefficient (Wildman–Crippen LogP) is 7.68. The van der Waals surface area contributed by atoms with Crippen LogP contribution in [0.4, 0.5) is 0 Å². The topological polar surface area (TPSA) is 63.6 Å². The van der Waals surface area contributed by atoms with E-state index in [0.717, 1.165) is 32.1 Å². The molecule has 0 radical (unpaired) electrons. The van der Waals surface area contributed by atoms with Gasteiger partial charge >= 0.3 is 5.97 Å². The maximum atomic E-state index is 12.3. The van der Waals surface area contributed by atoms with Gasteiger partial charge in [0.25, 0.3) is 0 Å². The quantitative estimate of drug-likeness (QED) is 0.148. The van der Waals surface area contributed by atoms with Crippen molar-refractivity contribution in [3.05, 3.63) is 11.6 Å². The van der Waals surface area contributed by atoms with Crippen LogP contribution in [0.25, 0.3) is 0 Å². The normalized spacial score (nSPS) is 18.3. The average molecular weight is 453 g/mol. The molecule has 4 nitrogen and oxygen atoms in total. The Morgan fingerprint density at radius 2 is 1.71 bits per heavy atom. The number of allylic oxidation sites excluding steroid dienone is 2. The molecule has 2 atom stereocenters. The fourth-order valence-electron chi connectivity index (χ4n) is 4.08. The summed E-state index contributed by atoms with van der Waals surface area (Å²) in [6, 6.07) is 0. The van der Waals surface area contributed by atoms with Crippen molar-refractivity contribution < 1.29 is 19.1 Å². The molecular formula is C26H48O4Si. The summed E-state index contributed by atoms with van der Waals surface area (Å²) in [6.45, 7) is 12.8. The molecule has 180 valence electrons. The van der Waals surface area contributed by atoms with E-state index in [-0.39, 0.29) is 11.0 Å². The van der Waals surface area contributed by atoms with Crippen LogP contribution >= 0.6 is 0 Å². The van der Waals surface area contributed by atoms with Crippen LogP contribution in [0.15, 0.2) is 11.6 Å². The lowest BCUT2D eigenvalue weighted by molar-refractivity contribution is -0.146. The van der Waals surface area contributed by atoms with Crippen molar-refractivity contribution in [1.82, 2.24) is 0 Å². The molecule has 0 aromatic heterocycles. The molecule has 1 aliphatic rings. The lowest BCUT2D eigenvalue weighted by Crippen LogP contribution is -2.46. The number of ketones is 1. The van der Waals surface area contributed by atoms with E-state index >= 15 is 0 Å². The van der Waals surface area contributed by atoms with Crippen LogP contribution in [0.1, 0.15) is 111 Å². The number of carbonyl (C=O) groups is 2. The van der Waals surface area contributed by atoms with Gasteiger partial charge < -0.3 is 9.53 Å². The Labute approximate surface area is 192 Å². The van der Waals surface area contributed by atoms with Crippen LogP contribution < -0.4 is 0 Å². The molecule has 31 heavy (non-hydrogen) atoms. The maximum absolute atomic E-state index is 12.3. The summed E-state index contributed by atoms with van der Waals surface area (Å²) in [7, 11) is -2.10. The zero-order valence-electron chi connectivity index (χ0n) is 21.1. The van der Waals surface area contributed by atoms with Crippen LogP contribution in [-0.4, -0.2) is 31.3 Å². The number of unbranched alkanes of at least 4 members (excludes halogenated alkanes) is 7. The monoisotopic (exact) mass is 452 g/mol. The van der Waals surface area contributed by atoms with E-state index in [1.165, 1.54) is 44.1 Å². The van der Waals surface area contributed by atoms with Crippen molar-refractivity contribution in [1.29, 1.82) is 0 Å². The summed E-state index contributed by atoms with van der Waals surface area (Å²) in [6.07, 6.45) is 15.1. The van der Waals surface area contributed by atoms with Gasteiger partial charge in [0.15, 0.2) is 8.32 Å². The molecule has 5 heteroatoms. The third-order valence-electron chi connectivity index (χ3n) is 7.20. The number of hydrogen-bond donors (Lipinski definition) is 1. The molecule has 1 aliphatic carbocycles. The summed E-state index contributed by atoms with van der Waals surface area (Å²) in [5.41, 5.74) is 1.37. The first-order valence-electron chi connectivity index (χ1n) is 12.6. The van der Waals surface area contributed by atoms with Crippen molar-refractivity contribution in [2.45, 2.75) is 135 Å². The van der Waals surface area contributed by atoms with Crippen LogP contribution in [0.5, 0.6) is 0 Å². The number of carboxylic acids is 1. The number of carboxylic acid groups (broad SMARTS) is 1. The highest BCUT2D eigenvalue weighted by molar-refractivity contribution is 6.74. The molecule has 1 rings (SSSR count). The lowest BCUT2D eigenvalue weighted by atomic mass is 9.90. The zero-order valence-corrected chi connectivity index (χ0v) is 22.1. The minimum absolute atomic E-state index is 0.00225. The summed E-state index contributed by atoms with van der Waals surface area (Å²) < 4.78 is 6.13. The Kier molecular flexibility index (Phi) is 12.3. The number of carbonyl (C=O) groups excluding carboxylic acids is 1. The molecule has 0 amide bonds. The van der Waals surface area contributed by atoms with Crippen molar-refractivity contribution in [2.24, 2.45) is 5.92 Å². The Bertz CT molecular complexity index is 589. The number of rotatable bonds is 16. The van der Waals surface area contributed by atoms with Crippen LogP contribution in [0.2, 0.25) is 18.1 Å². The Hall–Kier alpha value is -0.943. The highest BCUT2D eigenvalue weighted by Gasteiger charge is 2.40. The van der Waals surface area contributed by atoms with Gasteiger partial charge in [-0.2, -0.15) is 0 Å². The third kappa shape index (κ3) is 10.0. The second kappa shape index (κ2) is 13.6. The van der Waals surface area contributed by atoms with Gasteiger partial charge in [0.2, 0.25) is 0 Å². The summed E-state index contributed by atoms with van der Waals surface area (Å²) in [4.78, 5) is 24.0. The smallest absolute Gasteiger partial charge is 0.331 e. The van der Waals surface area contributed by atoms with Crippen molar-refractivity contribution in [3.63, 3.8) is 0 Å². The molecule has 0 aromatic carbocycles. The minimum atomic E-state index is -2.10. The summed E-state index contributed by atoms with van der Waals surface area (Å²) >= 11 is 0. The van der Waals surface area contributed by atoms with Crippen molar-refractivity contribution in [3.8, 4) is 0 Å². The number of Topliss-reactive ketones (excluding diaryl/α,β-unsaturated/α-hetero) is 1. The second-order valence-electron chi connectivity index (χ2n) is 10.9. The molecule has 1 unspecified atom stereocenters. The van der Waals surface area contributed by atoms with Crippen LogP contribution in [0, 0.1) is 5.92 Å². The van der Waals surface area contributed by atoms with E-state index in [9.17, 15) is 14.7 Å². The molecule has 0 fully saturated rings. The first-order chi connectivity index (χ1) is 14.5. The second-order valence-corrected chi connectivity index (χ2v) is 15.6. The minimum Gasteiger partial charge on any atom is -0.479 e. The van der Waals surface area contributed by atoms with Crippen LogP contribution in [-0.2, 0) is 14.0 Å². The fourth-order valence-corrected chi connectivity index (χ4v) is 5.36. The third-order valence-corrected chi connectivity index (χ3v) is 11.7. The fraction of sp³-hybridized carbons (Fsp3) is 0.846. The zero-order chi connectivity index (χ0) is 23.5. The summed E-state index contributed by atoms with van der Waals surface area (Å²) in [5.74, 6) is -0.347. The standard InChI is InChI=1S/C26H48O4Si/c1-7-8-9-10-11-13-16-21-19-20-23(27)22(21)17-14-12-15-18-24(25(28)29)30-31(5,6)26(2,3)4/h19,22,24H,7-18,20H2,1-6H3,(H,28,29)/t22-,24?/m1/s1. The van der Waals surface area contributed by atoms with E-state index < -0.39 is 20.4 Å². The van der Waals surface area contributed by atoms with Gasteiger partial charge in [0.05, 0.1) is 0 Å². The van der Waals surface area contributed by atoms with Gasteiger partial charge in [-0.1, -0.05) is 90.7 Å². The van der Waals surface area contributed by atoms with Gasteiger partial charge in [0, 0.05) is 12.3 Å². The molecule has 0 aliphatic heterocycles. The highest BCUT2D eigenvalue weighted by atomic mass is 28.4. The van der Waals surface area contributed by atoms with E-state index in [1.807, 2.05) is 0 Å². The molecule has 1 N–H and O–H groups in total. The lowest BCUT2D eigenvalue weighted by Gasteiger charge is -2.38. The average Bonchev–Trinajstić information content (AvgIpc) is 3.02. The first kappa shape index (κ1) is 28.1. The van der Waals surface area contributed by atoms with Gasteiger partial charge in [-0.05, 0) is 43.8 Å².